The van der Waals surface area contributed by atoms with Crippen LogP contribution in [0.1, 0.15) is 5.56 Å². The highest BCUT2D eigenvalue weighted by atomic mass is 35.5. The van der Waals surface area contributed by atoms with E-state index in [1.54, 1.807) is 42.5 Å². The summed E-state index contributed by atoms with van der Waals surface area (Å²) in [5.41, 5.74) is 0.909. The molecule has 0 radical (unpaired) electrons. The Morgan fingerprint density at radius 3 is 2.54 bits per heavy atom. The summed E-state index contributed by atoms with van der Waals surface area (Å²) in [6, 6.07) is 13.9. The molecule has 6 heteroatoms. The second kappa shape index (κ2) is 8.04. The van der Waals surface area contributed by atoms with E-state index in [-0.39, 0.29) is 5.57 Å². The second-order valence-corrected chi connectivity index (χ2v) is 5.09. The summed E-state index contributed by atoms with van der Waals surface area (Å²) in [5.74, 6) is 0.392. The van der Waals surface area contributed by atoms with Gasteiger partial charge in [0.1, 0.15) is 11.6 Å². The molecule has 0 aliphatic rings. The molecule has 0 aliphatic heterocycles. The molecule has 1 N–H and O–H groups in total. The Morgan fingerprint density at radius 1 is 1.17 bits per heavy atom. The number of amides is 1. The second-order valence-electron chi connectivity index (χ2n) is 4.69. The van der Waals surface area contributed by atoms with Gasteiger partial charge in [-0.3, -0.25) is 4.79 Å². The molecule has 0 heterocycles. The summed E-state index contributed by atoms with van der Waals surface area (Å²) in [5, 5.41) is 12.3. The maximum atomic E-state index is 12.3. The fraction of sp³-hybridized carbons (Fsp3) is 0.111. The third kappa shape index (κ3) is 3.86. The van der Waals surface area contributed by atoms with Crippen LogP contribution in [0.25, 0.3) is 6.08 Å². The summed E-state index contributed by atoms with van der Waals surface area (Å²) in [6.07, 6.45) is 1.44. The van der Waals surface area contributed by atoms with Crippen LogP contribution in [0.5, 0.6) is 11.5 Å². The molecular formula is C18H15ClN2O3. The molecule has 0 aliphatic carbocycles. The standard InChI is InChI=1S/C18H15ClN2O3/c1-23-16-9-5-6-12(17(16)24-2)10-13(11-20)18(22)21-15-8-4-3-7-14(15)19/h3-10H,1-2H3,(H,21,22)/b13-10+. The van der Waals surface area contributed by atoms with Gasteiger partial charge in [0.15, 0.2) is 11.5 Å². The number of carbonyl (C=O) groups excluding carboxylic acids is 1. The lowest BCUT2D eigenvalue weighted by atomic mass is 10.1. The topological polar surface area (TPSA) is 71.3 Å². The number of ether oxygens (including phenoxy) is 2. The maximum absolute atomic E-state index is 12.3. The monoisotopic (exact) mass is 342 g/mol. The van der Waals surface area contributed by atoms with Crippen LogP contribution < -0.4 is 14.8 Å². The van der Waals surface area contributed by atoms with Crippen LogP contribution in [0.3, 0.4) is 0 Å². The lowest BCUT2D eigenvalue weighted by molar-refractivity contribution is -0.112. The van der Waals surface area contributed by atoms with Crippen molar-refractivity contribution in [2.75, 3.05) is 19.5 Å². The Balaban J connectivity index is 2.35. The first-order valence-corrected chi connectivity index (χ1v) is 7.37. The van der Waals surface area contributed by atoms with E-state index < -0.39 is 5.91 Å². The van der Waals surface area contributed by atoms with Gasteiger partial charge >= 0.3 is 0 Å². The van der Waals surface area contributed by atoms with E-state index in [2.05, 4.69) is 5.32 Å². The average molecular weight is 343 g/mol. The first kappa shape index (κ1) is 17.4. The molecule has 0 atom stereocenters. The quantitative estimate of drug-likeness (QED) is 0.660. The summed E-state index contributed by atoms with van der Waals surface area (Å²) in [7, 11) is 3.01. The normalized spacial score (nSPS) is 10.7. The molecule has 0 aromatic heterocycles. The molecule has 2 rings (SSSR count). The zero-order valence-corrected chi connectivity index (χ0v) is 13.9. The molecule has 0 bridgehead atoms. The fourth-order valence-corrected chi connectivity index (χ4v) is 2.26. The van der Waals surface area contributed by atoms with Crippen LogP contribution in [0.4, 0.5) is 5.69 Å². The van der Waals surface area contributed by atoms with Crippen molar-refractivity contribution < 1.29 is 14.3 Å². The van der Waals surface area contributed by atoms with Gasteiger partial charge in [0.2, 0.25) is 0 Å². The van der Waals surface area contributed by atoms with Crippen LogP contribution in [0.2, 0.25) is 5.02 Å². The molecule has 0 unspecified atom stereocenters. The van der Waals surface area contributed by atoms with Gasteiger partial charge in [-0.15, -0.1) is 0 Å². The van der Waals surface area contributed by atoms with Gasteiger partial charge in [-0.1, -0.05) is 35.9 Å². The zero-order valence-electron chi connectivity index (χ0n) is 13.2. The van der Waals surface area contributed by atoms with Gasteiger partial charge in [-0.25, -0.2) is 0 Å². The molecule has 0 saturated heterocycles. The number of anilines is 1. The predicted octanol–water partition coefficient (Wildman–Crippen LogP) is 3.90. The molecule has 2 aromatic carbocycles. The van der Waals surface area contributed by atoms with Crippen LogP contribution in [-0.2, 0) is 4.79 Å². The van der Waals surface area contributed by atoms with Gasteiger partial charge in [0, 0.05) is 5.56 Å². The first-order chi connectivity index (χ1) is 11.6. The smallest absolute Gasteiger partial charge is 0.266 e. The summed E-state index contributed by atoms with van der Waals surface area (Å²) >= 11 is 6.01. The Kier molecular flexibility index (Phi) is 5.83. The van der Waals surface area contributed by atoms with Gasteiger partial charge < -0.3 is 14.8 Å². The molecule has 1 amide bonds. The van der Waals surface area contributed by atoms with Crippen molar-refractivity contribution in [2.24, 2.45) is 0 Å². The van der Waals surface area contributed by atoms with E-state index in [0.717, 1.165) is 0 Å². The van der Waals surface area contributed by atoms with E-state index in [4.69, 9.17) is 21.1 Å². The highest BCUT2D eigenvalue weighted by Gasteiger charge is 2.14. The van der Waals surface area contributed by atoms with Crippen molar-refractivity contribution in [1.29, 1.82) is 5.26 Å². The highest BCUT2D eigenvalue weighted by molar-refractivity contribution is 6.34. The number of halogens is 1. The molecular weight excluding hydrogens is 328 g/mol. The van der Waals surface area contributed by atoms with Crippen molar-refractivity contribution in [3.8, 4) is 17.6 Å². The minimum Gasteiger partial charge on any atom is -0.493 e. The van der Waals surface area contributed by atoms with Crippen molar-refractivity contribution in [3.63, 3.8) is 0 Å². The number of carbonyl (C=O) groups is 1. The number of methoxy groups -OCH3 is 2. The van der Waals surface area contributed by atoms with E-state index >= 15 is 0 Å². The number of nitrogens with zero attached hydrogens (tertiary/aromatic N) is 1. The maximum Gasteiger partial charge on any atom is 0.266 e. The van der Waals surface area contributed by atoms with Gasteiger partial charge in [0.05, 0.1) is 24.9 Å². The number of rotatable bonds is 5. The average Bonchev–Trinajstić information content (AvgIpc) is 2.60. The minimum absolute atomic E-state index is 0.0820. The van der Waals surface area contributed by atoms with Crippen molar-refractivity contribution in [1.82, 2.24) is 0 Å². The molecule has 5 nitrogen and oxygen atoms in total. The lowest BCUT2D eigenvalue weighted by Crippen LogP contribution is -2.13. The molecule has 0 saturated carbocycles. The van der Waals surface area contributed by atoms with Gasteiger partial charge in [0.25, 0.3) is 5.91 Å². The molecule has 0 fully saturated rings. The van der Waals surface area contributed by atoms with Crippen LogP contribution in [0, 0.1) is 11.3 Å². The zero-order chi connectivity index (χ0) is 17.5. The Morgan fingerprint density at radius 2 is 1.92 bits per heavy atom. The summed E-state index contributed by atoms with van der Waals surface area (Å²) in [4.78, 5) is 12.3. The Hall–Kier alpha value is -2.97. The van der Waals surface area contributed by atoms with Crippen LogP contribution in [0.15, 0.2) is 48.0 Å². The van der Waals surface area contributed by atoms with E-state index in [1.165, 1.54) is 20.3 Å². The number of hydrogen-bond acceptors (Lipinski definition) is 4. The largest absolute Gasteiger partial charge is 0.493 e. The molecule has 0 spiro atoms. The van der Waals surface area contributed by atoms with Crippen molar-refractivity contribution in [3.05, 3.63) is 58.6 Å². The minimum atomic E-state index is -0.560. The van der Waals surface area contributed by atoms with Crippen molar-refractivity contribution in [2.45, 2.75) is 0 Å². The summed E-state index contributed by atoms with van der Waals surface area (Å²) in [6.45, 7) is 0. The van der Waals surface area contributed by atoms with Crippen molar-refractivity contribution >= 4 is 29.3 Å². The first-order valence-electron chi connectivity index (χ1n) is 6.99. The SMILES string of the molecule is COc1cccc(/C=C(\C#N)C(=O)Nc2ccccc2Cl)c1OC. The number of nitrogens with one attached hydrogen (secondary N) is 1. The molecule has 122 valence electrons. The third-order valence-electron chi connectivity index (χ3n) is 3.22. The number of para-hydroxylation sites is 2. The number of nitriles is 1. The van der Waals surface area contributed by atoms with E-state index in [9.17, 15) is 10.1 Å². The van der Waals surface area contributed by atoms with Crippen LogP contribution in [-0.4, -0.2) is 20.1 Å². The predicted molar refractivity (Wildman–Crippen MR) is 93.2 cm³/mol. The molecule has 24 heavy (non-hydrogen) atoms. The Labute approximate surface area is 145 Å². The fourth-order valence-electron chi connectivity index (χ4n) is 2.08. The number of hydrogen-bond donors (Lipinski definition) is 1. The molecule has 2 aromatic rings. The lowest BCUT2D eigenvalue weighted by Gasteiger charge is -2.10. The van der Waals surface area contributed by atoms with Crippen LogP contribution >= 0.6 is 11.6 Å². The van der Waals surface area contributed by atoms with E-state index in [0.29, 0.717) is 27.8 Å². The Bertz CT molecular complexity index is 825. The third-order valence-corrected chi connectivity index (χ3v) is 3.55. The van der Waals surface area contributed by atoms with E-state index in [1.807, 2.05) is 6.07 Å². The summed E-state index contributed by atoms with van der Waals surface area (Å²) < 4.78 is 10.5. The number of benzene rings is 2. The highest BCUT2D eigenvalue weighted by Crippen LogP contribution is 2.32. The van der Waals surface area contributed by atoms with Gasteiger partial charge in [-0.2, -0.15) is 5.26 Å². The van der Waals surface area contributed by atoms with Gasteiger partial charge in [-0.05, 0) is 24.3 Å².